The maximum Gasteiger partial charge on any atom is 0.329 e. The number of thiophene rings is 1. The van der Waals surface area contributed by atoms with Crippen molar-refractivity contribution < 1.29 is 23.9 Å². The zero-order valence-corrected chi connectivity index (χ0v) is 18.3. The van der Waals surface area contributed by atoms with E-state index in [9.17, 15) is 19.2 Å². The monoisotopic (exact) mass is 456 g/mol. The number of para-hydroxylation sites is 1. The third kappa shape index (κ3) is 6.17. The van der Waals surface area contributed by atoms with Crippen molar-refractivity contribution in [2.24, 2.45) is 0 Å². The molecular formula is C22H24N4O5S. The number of hydrogen-bond acceptors (Lipinski definition) is 6. The van der Waals surface area contributed by atoms with Gasteiger partial charge < -0.3 is 20.4 Å². The molecule has 32 heavy (non-hydrogen) atoms. The molecule has 0 aliphatic rings. The van der Waals surface area contributed by atoms with Crippen LogP contribution in [0.1, 0.15) is 28.6 Å². The van der Waals surface area contributed by atoms with Crippen molar-refractivity contribution in [2.75, 3.05) is 13.2 Å². The van der Waals surface area contributed by atoms with E-state index >= 15 is 0 Å². The summed E-state index contributed by atoms with van der Waals surface area (Å²) >= 11 is 1.25. The summed E-state index contributed by atoms with van der Waals surface area (Å²) in [4.78, 5) is 52.3. The molecule has 0 saturated heterocycles. The van der Waals surface area contributed by atoms with E-state index in [0.717, 1.165) is 22.9 Å². The van der Waals surface area contributed by atoms with Gasteiger partial charge in [0.15, 0.2) is 6.61 Å². The molecule has 0 spiro atoms. The molecule has 1 atom stereocenters. The predicted octanol–water partition coefficient (Wildman–Crippen LogP) is 2.35. The minimum Gasteiger partial charge on any atom is -0.454 e. The Hall–Kier alpha value is -3.66. The zero-order valence-electron chi connectivity index (χ0n) is 17.5. The van der Waals surface area contributed by atoms with E-state index < -0.39 is 36.5 Å². The maximum absolute atomic E-state index is 12.7. The lowest BCUT2D eigenvalue weighted by molar-refractivity contribution is -0.150. The normalized spacial score (nSPS) is 11.5. The Morgan fingerprint density at radius 2 is 1.94 bits per heavy atom. The smallest absolute Gasteiger partial charge is 0.329 e. The number of amides is 4. The minimum absolute atomic E-state index is 0.165. The molecule has 0 aliphatic heterocycles. The van der Waals surface area contributed by atoms with Crippen molar-refractivity contribution in [3.8, 4) is 0 Å². The van der Waals surface area contributed by atoms with Gasteiger partial charge in [-0.1, -0.05) is 31.2 Å². The van der Waals surface area contributed by atoms with E-state index in [0.29, 0.717) is 11.4 Å². The lowest BCUT2D eigenvalue weighted by Gasteiger charge is -2.17. The molecule has 0 radical (unpaired) electrons. The first kappa shape index (κ1) is 23.0. The molecule has 2 heterocycles. The average Bonchev–Trinajstić information content (AvgIpc) is 3.46. The summed E-state index contributed by atoms with van der Waals surface area (Å²) in [6.45, 7) is 1.65. The SMILES string of the molecule is CCCNC(=O)NC(=O)COC(=O)C(Cc1c[nH]c2ccccc12)NC(=O)c1cccs1. The van der Waals surface area contributed by atoms with Crippen LogP contribution in [0.4, 0.5) is 4.79 Å². The quantitative estimate of drug-likeness (QED) is 0.367. The third-order valence-electron chi connectivity index (χ3n) is 4.57. The fourth-order valence-corrected chi connectivity index (χ4v) is 3.66. The van der Waals surface area contributed by atoms with Crippen LogP contribution in [0.5, 0.6) is 0 Å². The first-order chi connectivity index (χ1) is 15.5. The molecule has 0 fully saturated rings. The molecular weight excluding hydrogens is 432 g/mol. The van der Waals surface area contributed by atoms with E-state index in [-0.39, 0.29) is 6.42 Å². The second kappa shape index (κ2) is 11.1. The molecule has 1 aromatic carbocycles. The number of imide groups is 1. The fourth-order valence-electron chi connectivity index (χ4n) is 3.03. The van der Waals surface area contributed by atoms with E-state index in [1.165, 1.54) is 11.3 Å². The van der Waals surface area contributed by atoms with Crippen LogP contribution < -0.4 is 16.0 Å². The molecule has 0 bridgehead atoms. The van der Waals surface area contributed by atoms with Gasteiger partial charge in [0.25, 0.3) is 11.8 Å². The highest BCUT2D eigenvalue weighted by molar-refractivity contribution is 7.12. The Balaban J connectivity index is 1.67. The Morgan fingerprint density at radius 3 is 2.69 bits per heavy atom. The molecule has 4 amide bonds. The molecule has 3 aromatic rings. The molecule has 2 aromatic heterocycles. The van der Waals surface area contributed by atoms with E-state index in [1.807, 2.05) is 31.2 Å². The summed E-state index contributed by atoms with van der Waals surface area (Å²) in [5.41, 5.74) is 1.72. The maximum atomic E-state index is 12.7. The van der Waals surface area contributed by atoms with Gasteiger partial charge in [-0.2, -0.15) is 0 Å². The Bertz CT molecular complexity index is 1090. The van der Waals surface area contributed by atoms with Gasteiger partial charge in [0.2, 0.25) is 0 Å². The highest BCUT2D eigenvalue weighted by atomic mass is 32.1. The van der Waals surface area contributed by atoms with Crippen molar-refractivity contribution in [1.29, 1.82) is 0 Å². The number of hydrogen-bond donors (Lipinski definition) is 4. The largest absolute Gasteiger partial charge is 0.454 e. The number of fused-ring (bicyclic) bond motifs is 1. The average molecular weight is 457 g/mol. The highest BCUT2D eigenvalue weighted by Gasteiger charge is 2.26. The second-order valence-corrected chi connectivity index (χ2v) is 7.93. The molecule has 0 aliphatic carbocycles. The van der Waals surface area contributed by atoms with Gasteiger partial charge in [0.05, 0.1) is 4.88 Å². The number of aromatic amines is 1. The van der Waals surface area contributed by atoms with Crippen molar-refractivity contribution in [1.82, 2.24) is 20.9 Å². The van der Waals surface area contributed by atoms with Crippen molar-refractivity contribution in [3.63, 3.8) is 0 Å². The van der Waals surface area contributed by atoms with Crippen molar-refractivity contribution in [2.45, 2.75) is 25.8 Å². The molecule has 4 N–H and O–H groups in total. The zero-order chi connectivity index (χ0) is 22.9. The van der Waals surface area contributed by atoms with Gasteiger partial charge in [0, 0.05) is 30.1 Å². The number of H-pyrrole nitrogens is 1. The van der Waals surface area contributed by atoms with Gasteiger partial charge in [-0.25, -0.2) is 9.59 Å². The van der Waals surface area contributed by atoms with E-state index in [4.69, 9.17) is 4.74 Å². The Labute approximate surface area is 188 Å². The minimum atomic E-state index is -1.02. The van der Waals surface area contributed by atoms with Gasteiger partial charge in [-0.15, -0.1) is 11.3 Å². The third-order valence-corrected chi connectivity index (χ3v) is 5.44. The Kier molecular flexibility index (Phi) is 7.98. The molecule has 10 heteroatoms. The summed E-state index contributed by atoms with van der Waals surface area (Å²) in [6, 6.07) is 9.29. The van der Waals surface area contributed by atoms with E-state index in [2.05, 4.69) is 20.9 Å². The molecule has 168 valence electrons. The van der Waals surface area contributed by atoms with Crippen LogP contribution in [0.2, 0.25) is 0 Å². The highest BCUT2D eigenvalue weighted by Crippen LogP contribution is 2.20. The van der Waals surface area contributed by atoms with Crippen LogP contribution in [0.15, 0.2) is 48.0 Å². The standard InChI is InChI=1S/C22H24N4O5S/c1-2-9-23-22(30)26-19(27)13-31-21(29)17(25-20(28)18-8-5-10-32-18)11-14-12-24-16-7-4-3-6-15(14)16/h3-8,10,12,17,24H,2,9,11,13H2,1H3,(H,25,28)(H2,23,26,27,30). The molecule has 9 nitrogen and oxygen atoms in total. The number of ether oxygens (including phenoxy) is 1. The van der Waals surface area contributed by atoms with Gasteiger partial charge in [-0.05, 0) is 29.5 Å². The molecule has 3 rings (SSSR count). The van der Waals surface area contributed by atoms with Gasteiger partial charge >= 0.3 is 12.0 Å². The number of benzene rings is 1. The fraction of sp³-hybridized carbons (Fsp3) is 0.273. The first-order valence-electron chi connectivity index (χ1n) is 10.1. The van der Waals surface area contributed by atoms with Crippen LogP contribution in [-0.2, 0) is 20.7 Å². The molecule has 1 unspecified atom stereocenters. The number of rotatable bonds is 9. The Morgan fingerprint density at radius 1 is 1.12 bits per heavy atom. The number of esters is 1. The number of aromatic nitrogens is 1. The van der Waals surface area contributed by atoms with Gasteiger partial charge in [0.1, 0.15) is 6.04 Å². The van der Waals surface area contributed by atoms with Crippen LogP contribution in [0, 0.1) is 0 Å². The van der Waals surface area contributed by atoms with Crippen LogP contribution in [0.25, 0.3) is 10.9 Å². The van der Waals surface area contributed by atoms with E-state index in [1.54, 1.807) is 23.7 Å². The van der Waals surface area contributed by atoms with Crippen LogP contribution in [-0.4, -0.2) is 48.0 Å². The number of nitrogens with one attached hydrogen (secondary N) is 4. The number of urea groups is 1. The van der Waals surface area contributed by atoms with Crippen molar-refractivity contribution in [3.05, 3.63) is 58.4 Å². The topological polar surface area (TPSA) is 129 Å². The van der Waals surface area contributed by atoms with Gasteiger partial charge in [-0.3, -0.25) is 14.9 Å². The first-order valence-corrected chi connectivity index (χ1v) is 11.0. The van der Waals surface area contributed by atoms with Crippen LogP contribution >= 0.6 is 11.3 Å². The summed E-state index contributed by atoms with van der Waals surface area (Å²) in [5.74, 6) is -1.95. The summed E-state index contributed by atoms with van der Waals surface area (Å²) < 4.78 is 5.10. The number of carbonyl (C=O) groups is 4. The summed E-state index contributed by atoms with van der Waals surface area (Å²) in [5, 5.41) is 9.94. The predicted molar refractivity (Wildman–Crippen MR) is 120 cm³/mol. The lowest BCUT2D eigenvalue weighted by Crippen LogP contribution is -2.45. The summed E-state index contributed by atoms with van der Waals surface area (Å²) in [6.07, 6.45) is 2.65. The lowest BCUT2D eigenvalue weighted by atomic mass is 10.0. The molecule has 0 saturated carbocycles. The van der Waals surface area contributed by atoms with Crippen molar-refractivity contribution >= 4 is 46.1 Å². The number of carbonyl (C=O) groups excluding carboxylic acids is 4. The van der Waals surface area contributed by atoms with Crippen LogP contribution in [0.3, 0.4) is 0 Å². The second-order valence-electron chi connectivity index (χ2n) is 6.98. The summed E-state index contributed by atoms with van der Waals surface area (Å²) in [7, 11) is 0.